The molecule has 1 saturated heterocycles. The summed E-state index contributed by atoms with van der Waals surface area (Å²) in [6.07, 6.45) is -1.70. The Labute approximate surface area is 242 Å². The summed E-state index contributed by atoms with van der Waals surface area (Å²) >= 11 is 0. The van der Waals surface area contributed by atoms with E-state index in [9.17, 15) is 24.9 Å². The first-order valence-electron chi connectivity index (χ1n) is 14.3. The van der Waals surface area contributed by atoms with Crippen molar-refractivity contribution in [3.8, 4) is 0 Å². The quantitative estimate of drug-likeness (QED) is 0.247. The SMILES string of the molecule is CC(C)(C)OC(=O)N[C@@H](Cc1ccccc1)[C@H](O)CNC[C@@H](O)[C@H](Cc1ccccc1)N(C(=O)O)C1CCCOC1. The molecule has 5 N–H and O–H groups in total. The van der Waals surface area contributed by atoms with Crippen molar-refractivity contribution in [3.05, 3.63) is 71.8 Å². The second-order valence-electron chi connectivity index (χ2n) is 11.6. The summed E-state index contributed by atoms with van der Waals surface area (Å²) in [5.41, 5.74) is 1.15. The zero-order valence-corrected chi connectivity index (χ0v) is 24.2. The van der Waals surface area contributed by atoms with Gasteiger partial charge in [0.25, 0.3) is 0 Å². The first-order valence-corrected chi connectivity index (χ1v) is 14.3. The molecule has 0 radical (unpaired) electrons. The van der Waals surface area contributed by atoms with Crippen molar-refractivity contribution in [2.45, 2.75) is 82.4 Å². The molecule has 2 aromatic carbocycles. The Bertz CT molecular complexity index is 1060. The number of benzene rings is 2. The maximum atomic E-state index is 12.5. The average molecular weight is 572 g/mol. The van der Waals surface area contributed by atoms with E-state index in [0.29, 0.717) is 25.9 Å². The summed E-state index contributed by atoms with van der Waals surface area (Å²) in [5, 5.41) is 38.4. The van der Waals surface area contributed by atoms with Crippen molar-refractivity contribution in [1.82, 2.24) is 15.5 Å². The molecule has 10 heteroatoms. The number of aliphatic hydroxyl groups is 2. The zero-order valence-electron chi connectivity index (χ0n) is 24.2. The Balaban J connectivity index is 1.69. The zero-order chi connectivity index (χ0) is 29.8. The van der Waals surface area contributed by atoms with Crippen LogP contribution < -0.4 is 10.6 Å². The van der Waals surface area contributed by atoms with E-state index in [2.05, 4.69) is 10.6 Å². The number of carbonyl (C=O) groups excluding carboxylic acids is 1. The van der Waals surface area contributed by atoms with Gasteiger partial charge in [-0.05, 0) is 57.6 Å². The van der Waals surface area contributed by atoms with Crippen LogP contribution in [0.25, 0.3) is 0 Å². The topological polar surface area (TPSA) is 141 Å². The van der Waals surface area contributed by atoms with E-state index in [1.165, 1.54) is 4.90 Å². The van der Waals surface area contributed by atoms with Crippen LogP contribution in [-0.2, 0) is 22.3 Å². The van der Waals surface area contributed by atoms with Gasteiger partial charge in [-0.25, -0.2) is 9.59 Å². The molecule has 1 aliphatic rings. The van der Waals surface area contributed by atoms with E-state index in [4.69, 9.17) is 9.47 Å². The monoisotopic (exact) mass is 571 g/mol. The Morgan fingerprint density at radius 1 is 0.976 bits per heavy atom. The number of aliphatic hydroxyl groups excluding tert-OH is 2. The minimum atomic E-state index is -1.11. The maximum absolute atomic E-state index is 12.5. The molecule has 1 heterocycles. The van der Waals surface area contributed by atoms with Crippen molar-refractivity contribution < 1.29 is 34.4 Å². The lowest BCUT2D eigenvalue weighted by atomic mass is 9.96. The molecule has 1 unspecified atom stereocenters. The third kappa shape index (κ3) is 11.0. The lowest BCUT2D eigenvalue weighted by Crippen LogP contribution is -2.57. The summed E-state index contributed by atoms with van der Waals surface area (Å²) in [4.78, 5) is 26.3. The number of hydrogen-bond donors (Lipinski definition) is 5. The van der Waals surface area contributed by atoms with Crippen molar-refractivity contribution in [3.63, 3.8) is 0 Å². The predicted octanol–water partition coefficient (Wildman–Crippen LogP) is 3.20. The van der Waals surface area contributed by atoms with Gasteiger partial charge in [0, 0.05) is 19.7 Å². The highest BCUT2D eigenvalue weighted by molar-refractivity contribution is 5.68. The van der Waals surface area contributed by atoms with Crippen molar-refractivity contribution in [2.75, 3.05) is 26.3 Å². The molecule has 41 heavy (non-hydrogen) atoms. The van der Waals surface area contributed by atoms with Crippen LogP contribution in [0.3, 0.4) is 0 Å². The minimum absolute atomic E-state index is 0.0381. The van der Waals surface area contributed by atoms with Crippen LogP contribution in [-0.4, -0.2) is 94.6 Å². The molecule has 1 fully saturated rings. The first-order chi connectivity index (χ1) is 19.5. The lowest BCUT2D eigenvalue weighted by Gasteiger charge is -2.40. The van der Waals surface area contributed by atoms with Gasteiger partial charge in [0.15, 0.2) is 0 Å². The van der Waals surface area contributed by atoms with Gasteiger partial charge >= 0.3 is 12.2 Å². The summed E-state index contributed by atoms with van der Waals surface area (Å²) in [7, 11) is 0. The highest BCUT2D eigenvalue weighted by atomic mass is 16.6. The summed E-state index contributed by atoms with van der Waals surface area (Å²) in [5.74, 6) is 0. The Morgan fingerprint density at radius 2 is 1.56 bits per heavy atom. The van der Waals surface area contributed by atoms with Gasteiger partial charge < -0.3 is 35.4 Å². The molecule has 0 aliphatic carbocycles. The Hall–Kier alpha value is -3.18. The fourth-order valence-electron chi connectivity index (χ4n) is 5.05. The number of carbonyl (C=O) groups is 2. The number of nitrogens with zero attached hydrogens (tertiary/aromatic N) is 1. The third-order valence-corrected chi connectivity index (χ3v) is 7.01. The number of amides is 2. The van der Waals surface area contributed by atoms with Crippen LogP contribution in [0.4, 0.5) is 9.59 Å². The third-order valence-electron chi connectivity index (χ3n) is 7.01. The highest BCUT2D eigenvalue weighted by Gasteiger charge is 2.36. The van der Waals surface area contributed by atoms with Crippen molar-refractivity contribution >= 4 is 12.2 Å². The van der Waals surface area contributed by atoms with Crippen LogP contribution in [0, 0.1) is 0 Å². The van der Waals surface area contributed by atoms with Gasteiger partial charge in [-0.15, -0.1) is 0 Å². The Morgan fingerprint density at radius 3 is 2.10 bits per heavy atom. The number of alkyl carbamates (subject to hydrolysis) is 1. The fourth-order valence-corrected chi connectivity index (χ4v) is 5.05. The molecule has 10 nitrogen and oxygen atoms in total. The average Bonchev–Trinajstić information content (AvgIpc) is 2.92. The fraction of sp³-hybridized carbons (Fsp3) is 0.548. The highest BCUT2D eigenvalue weighted by Crippen LogP contribution is 2.22. The van der Waals surface area contributed by atoms with E-state index >= 15 is 0 Å². The van der Waals surface area contributed by atoms with E-state index in [-0.39, 0.29) is 25.7 Å². The number of nitrogens with one attached hydrogen (secondary N) is 2. The molecule has 0 saturated carbocycles. The van der Waals surface area contributed by atoms with Gasteiger partial charge in [0.1, 0.15) is 5.60 Å². The molecule has 2 aromatic rings. The predicted molar refractivity (Wildman–Crippen MR) is 156 cm³/mol. The Kier molecular flexibility index (Phi) is 12.4. The molecule has 3 rings (SSSR count). The van der Waals surface area contributed by atoms with E-state index in [1.807, 2.05) is 60.7 Å². The van der Waals surface area contributed by atoms with E-state index < -0.39 is 42.1 Å². The van der Waals surface area contributed by atoms with Gasteiger partial charge in [0.05, 0.1) is 36.9 Å². The van der Waals surface area contributed by atoms with Crippen LogP contribution in [0.1, 0.15) is 44.7 Å². The largest absolute Gasteiger partial charge is 0.465 e. The van der Waals surface area contributed by atoms with Gasteiger partial charge in [-0.2, -0.15) is 0 Å². The smallest absolute Gasteiger partial charge is 0.407 e. The van der Waals surface area contributed by atoms with Crippen LogP contribution in [0.2, 0.25) is 0 Å². The van der Waals surface area contributed by atoms with Crippen LogP contribution >= 0.6 is 0 Å². The van der Waals surface area contributed by atoms with Gasteiger partial charge in [0.2, 0.25) is 0 Å². The van der Waals surface area contributed by atoms with Crippen LogP contribution in [0.15, 0.2) is 60.7 Å². The van der Waals surface area contributed by atoms with E-state index in [0.717, 1.165) is 17.5 Å². The van der Waals surface area contributed by atoms with Crippen molar-refractivity contribution in [1.29, 1.82) is 0 Å². The molecule has 0 spiro atoms. The van der Waals surface area contributed by atoms with Crippen LogP contribution in [0.5, 0.6) is 0 Å². The summed E-state index contributed by atoms with van der Waals surface area (Å²) in [6.45, 7) is 6.28. The summed E-state index contributed by atoms with van der Waals surface area (Å²) < 4.78 is 11.0. The molecule has 5 atom stereocenters. The standard InChI is InChI=1S/C31H45N3O7/c1-31(2,3)41-29(37)33-25(17-22-11-6-4-7-12-22)27(35)19-32-20-28(36)26(18-23-13-8-5-9-14-23)34(30(38)39)24-15-10-16-40-21-24/h4-9,11-14,24-28,32,35-36H,10,15-21H2,1-3H3,(H,33,37)(H,38,39)/t24?,25-,26-,27+,28+/m0/s1. The van der Waals surface area contributed by atoms with Gasteiger partial charge in [-0.1, -0.05) is 60.7 Å². The minimum Gasteiger partial charge on any atom is -0.465 e. The molecule has 1 aliphatic heterocycles. The number of hydrogen-bond acceptors (Lipinski definition) is 7. The summed E-state index contributed by atoms with van der Waals surface area (Å²) in [6, 6.07) is 17.2. The maximum Gasteiger partial charge on any atom is 0.407 e. The molecular weight excluding hydrogens is 526 g/mol. The number of carboxylic acid groups (broad SMARTS) is 1. The second-order valence-corrected chi connectivity index (χ2v) is 11.6. The first kappa shape index (κ1) is 32.3. The number of ether oxygens (including phenoxy) is 2. The normalized spacial score (nSPS) is 18.5. The van der Waals surface area contributed by atoms with E-state index in [1.54, 1.807) is 20.8 Å². The lowest BCUT2D eigenvalue weighted by molar-refractivity contribution is -0.0233. The van der Waals surface area contributed by atoms with Gasteiger partial charge in [-0.3, -0.25) is 4.90 Å². The molecular formula is C31H45N3O7. The molecule has 0 bridgehead atoms. The second kappa shape index (κ2) is 15.7. The molecule has 0 aromatic heterocycles. The number of rotatable bonds is 13. The molecule has 2 amide bonds. The molecule has 226 valence electrons. The van der Waals surface area contributed by atoms with Crippen molar-refractivity contribution in [2.24, 2.45) is 0 Å².